The van der Waals surface area contributed by atoms with Gasteiger partial charge in [-0.1, -0.05) is 43.7 Å². The zero-order valence-corrected chi connectivity index (χ0v) is 24.0. The van der Waals surface area contributed by atoms with Crippen LogP contribution in [0.1, 0.15) is 51.9 Å². The Kier molecular flexibility index (Phi) is 9.94. The first kappa shape index (κ1) is 29.4. The topological polar surface area (TPSA) is 81.2 Å². The number of thioether (sulfide) groups is 1. The molecule has 39 heavy (non-hydrogen) atoms. The van der Waals surface area contributed by atoms with Gasteiger partial charge in [0.15, 0.2) is 0 Å². The lowest BCUT2D eigenvalue weighted by Crippen LogP contribution is -2.55. The van der Waals surface area contributed by atoms with Crippen LogP contribution in [0.4, 0.5) is 5.69 Å². The second-order valence-corrected chi connectivity index (χ2v) is 12.5. The zero-order valence-electron chi connectivity index (χ0n) is 23.2. The minimum atomic E-state index is -0.599. The number of hydrogen-bond acceptors (Lipinski definition) is 5. The maximum atomic E-state index is 14.3. The van der Waals surface area contributed by atoms with Crippen molar-refractivity contribution in [3.05, 3.63) is 55.6 Å². The molecule has 3 aliphatic rings. The number of likely N-dealkylation sites (tertiary alicyclic amines) is 1. The van der Waals surface area contributed by atoms with Gasteiger partial charge in [-0.25, -0.2) is 0 Å². The molecule has 2 unspecified atom stereocenters. The molecular formula is C31H43N3O4S. The number of amides is 3. The second kappa shape index (κ2) is 13.2. The summed E-state index contributed by atoms with van der Waals surface area (Å²) in [7, 11) is 0. The highest BCUT2D eigenvalue weighted by Gasteiger charge is 2.74. The molecule has 4 rings (SSSR count). The Morgan fingerprint density at radius 2 is 1.85 bits per heavy atom. The van der Waals surface area contributed by atoms with Crippen LogP contribution >= 0.6 is 11.8 Å². The number of fused-ring (bicyclic) bond motifs is 1. The summed E-state index contributed by atoms with van der Waals surface area (Å²) in [6.07, 6.45) is 9.07. The van der Waals surface area contributed by atoms with Crippen molar-refractivity contribution in [2.75, 3.05) is 37.7 Å². The van der Waals surface area contributed by atoms with Gasteiger partial charge in [0, 0.05) is 43.7 Å². The van der Waals surface area contributed by atoms with Crippen molar-refractivity contribution < 1.29 is 19.5 Å². The van der Waals surface area contributed by atoms with Gasteiger partial charge >= 0.3 is 0 Å². The molecule has 8 heteroatoms. The lowest BCUT2D eigenvalue weighted by Gasteiger charge is -2.37. The third kappa shape index (κ3) is 5.55. The van der Waals surface area contributed by atoms with Crippen molar-refractivity contribution >= 4 is 35.2 Å². The first-order chi connectivity index (χ1) is 18.9. The van der Waals surface area contributed by atoms with E-state index in [1.807, 2.05) is 35.2 Å². The van der Waals surface area contributed by atoms with Gasteiger partial charge in [-0.3, -0.25) is 14.4 Å². The predicted octanol–water partition coefficient (Wildman–Crippen LogP) is 4.27. The molecule has 2 bridgehead atoms. The Morgan fingerprint density at radius 3 is 2.51 bits per heavy atom. The van der Waals surface area contributed by atoms with Crippen LogP contribution in [0.3, 0.4) is 0 Å². The van der Waals surface area contributed by atoms with E-state index in [1.54, 1.807) is 33.7 Å². The molecular weight excluding hydrogens is 510 g/mol. The van der Waals surface area contributed by atoms with Crippen LogP contribution in [-0.2, 0) is 14.4 Å². The first-order valence-corrected chi connectivity index (χ1v) is 15.3. The van der Waals surface area contributed by atoms with E-state index in [-0.39, 0.29) is 29.6 Å². The summed E-state index contributed by atoms with van der Waals surface area (Å²) in [6, 6.07) is 8.97. The average molecular weight is 554 g/mol. The summed E-state index contributed by atoms with van der Waals surface area (Å²) < 4.78 is -0.599. The van der Waals surface area contributed by atoms with Crippen LogP contribution < -0.4 is 4.90 Å². The van der Waals surface area contributed by atoms with Gasteiger partial charge in [-0.05, 0) is 50.7 Å². The van der Waals surface area contributed by atoms with Crippen molar-refractivity contribution in [3.63, 3.8) is 0 Å². The Balaban J connectivity index is 1.70. The van der Waals surface area contributed by atoms with Gasteiger partial charge in [0.2, 0.25) is 17.7 Å². The number of carbonyl (C=O) groups is 3. The molecule has 1 N–H and O–H groups in total. The molecule has 7 nitrogen and oxygen atoms in total. The minimum Gasteiger partial charge on any atom is -0.396 e. The molecule has 1 spiro atoms. The fourth-order valence-corrected chi connectivity index (χ4v) is 8.94. The largest absolute Gasteiger partial charge is 0.396 e. The van der Waals surface area contributed by atoms with Gasteiger partial charge < -0.3 is 19.8 Å². The van der Waals surface area contributed by atoms with Gasteiger partial charge in [-0.15, -0.1) is 24.9 Å². The monoisotopic (exact) mass is 553 g/mol. The van der Waals surface area contributed by atoms with Crippen LogP contribution in [-0.4, -0.2) is 81.5 Å². The molecule has 212 valence electrons. The summed E-state index contributed by atoms with van der Waals surface area (Å²) in [5, 5.41) is 9.27. The maximum Gasteiger partial charge on any atom is 0.247 e. The number of para-hydroxylation sites is 1. The molecule has 3 heterocycles. The van der Waals surface area contributed by atoms with E-state index in [0.717, 1.165) is 37.8 Å². The number of carbonyl (C=O) groups excluding carboxylic acids is 3. The minimum absolute atomic E-state index is 0.0119. The molecule has 3 fully saturated rings. The van der Waals surface area contributed by atoms with Gasteiger partial charge in [0.1, 0.15) is 6.04 Å². The number of nitrogens with zero attached hydrogens (tertiary/aromatic N) is 3. The van der Waals surface area contributed by atoms with E-state index < -0.39 is 22.6 Å². The van der Waals surface area contributed by atoms with Gasteiger partial charge in [0.25, 0.3) is 0 Å². The number of benzene rings is 1. The zero-order chi connectivity index (χ0) is 28.0. The van der Waals surface area contributed by atoms with E-state index in [2.05, 4.69) is 20.1 Å². The highest BCUT2D eigenvalue weighted by Crippen LogP contribution is 2.66. The third-order valence-corrected chi connectivity index (χ3v) is 10.4. The average Bonchev–Trinajstić information content (AvgIpc) is 3.59. The fourth-order valence-electron chi connectivity index (χ4n) is 6.73. The highest BCUT2D eigenvalue weighted by molar-refractivity contribution is 8.02. The molecule has 3 aliphatic heterocycles. The molecule has 0 aromatic heterocycles. The van der Waals surface area contributed by atoms with Crippen LogP contribution in [0, 0.1) is 11.8 Å². The highest BCUT2D eigenvalue weighted by atomic mass is 32.2. The first-order valence-electron chi connectivity index (χ1n) is 14.4. The summed E-state index contributed by atoms with van der Waals surface area (Å²) in [4.78, 5) is 48.1. The van der Waals surface area contributed by atoms with Crippen LogP contribution in [0.2, 0.25) is 0 Å². The number of rotatable bonds is 15. The fraction of sp³-hybridized carbons (Fsp3) is 0.581. The van der Waals surface area contributed by atoms with Crippen molar-refractivity contribution in [3.8, 4) is 0 Å². The SMILES string of the molecule is C=CCN(CCCC)C(=O)C1N(CCCCCO)C(=O)[C@@H]2[C@@H](C(=O)N(CC=C)c3ccccc3)[C@H]3CCC12S3. The standard InChI is InChI=1S/C31H43N3O4S/c1-4-7-20-32(18-5-2)30(38)27-31-17-16-24(39-31)25(26(31)29(37)34(27)21-12-9-13-22-35)28(36)33(19-6-3)23-14-10-8-11-15-23/h5-6,8,10-11,14-15,24-27,35H,2-4,7,9,12-13,16-22H2,1H3/t24-,25+,26+,27?,31?/m1/s1. The van der Waals surface area contributed by atoms with Crippen LogP contribution in [0.5, 0.6) is 0 Å². The third-order valence-electron chi connectivity index (χ3n) is 8.46. The molecule has 1 aromatic rings. The molecule has 3 amide bonds. The van der Waals surface area contributed by atoms with Crippen molar-refractivity contribution in [2.24, 2.45) is 11.8 Å². The maximum absolute atomic E-state index is 14.3. The molecule has 0 aliphatic carbocycles. The smallest absolute Gasteiger partial charge is 0.247 e. The summed E-state index contributed by atoms with van der Waals surface area (Å²) in [6.45, 7) is 11.9. The van der Waals surface area contributed by atoms with E-state index >= 15 is 0 Å². The normalized spacial score (nSPS) is 26.9. The molecule has 3 saturated heterocycles. The van der Waals surface area contributed by atoms with Gasteiger partial charge in [0.05, 0.1) is 16.6 Å². The molecule has 0 saturated carbocycles. The Morgan fingerprint density at radius 1 is 1.10 bits per heavy atom. The molecule has 5 atom stereocenters. The van der Waals surface area contributed by atoms with Crippen molar-refractivity contribution in [1.82, 2.24) is 9.80 Å². The quantitative estimate of drug-likeness (QED) is 0.259. The number of anilines is 1. The van der Waals surface area contributed by atoms with Crippen LogP contribution in [0.15, 0.2) is 55.6 Å². The van der Waals surface area contributed by atoms with E-state index in [9.17, 15) is 19.5 Å². The molecule has 1 aromatic carbocycles. The van der Waals surface area contributed by atoms with E-state index in [1.165, 1.54) is 0 Å². The van der Waals surface area contributed by atoms with Crippen LogP contribution in [0.25, 0.3) is 0 Å². The number of hydrogen-bond donors (Lipinski definition) is 1. The lowest BCUT2D eigenvalue weighted by molar-refractivity contribution is -0.142. The Bertz CT molecular complexity index is 1050. The predicted molar refractivity (Wildman–Crippen MR) is 157 cm³/mol. The number of aliphatic hydroxyl groups excluding tert-OH is 1. The lowest BCUT2D eigenvalue weighted by atomic mass is 9.70. The Labute approximate surface area is 237 Å². The summed E-state index contributed by atoms with van der Waals surface area (Å²) in [5.41, 5.74) is 0.792. The van der Waals surface area contributed by atoms with Crippen molar-refractivity contribution in [2.45, 2.75) is 67.9 Å². The molecule has 0 radical (unpaired) electrons. The van der Waals surface area contributed by atoms with Crippen molar-refractivity contribution in [1.29, 1.82) is 0 Å². The number of aliphatic hydroxyl groups is 1. The summed E-state index contributed by atoms with van der Waals surface area (Å²) in [5.74, 6) is -1.13. The second-order valence-electron chi connectivity index (χ2n) is 10.9. The van der Waals surface area contributed by atoms with E-state index in [4.69, 9.17) is 0 Å². The number of unbranched alkanes of at least 4 members (excludes halogenated alkanes) is 3. The Hall–Kier alpha value is -2.58. The summed E-state index contributed by atoms with van der Waals surface area (Å²) >= 11 is 1.71. The van der Waals surface area contributed by atoms with E-state index in [0.29, 0.717) is 39.0 Å². The van der Waals surface area contributed by atoms with Gasteiger partial charge in [-0.2, -0.15) is 0 Å².